The van der Waals surface area contributed by atoms with Crippen LogP contribution >= 0.6 is 0 Å². The third kappa shape index (κ3) is 2.45. The van der Waals surface area contributed by atoms with E-state index in [0.717, 1.165) is 26.2 Å². The molecular weight excluding hydrogens is 246 g/mol. The van der Waals surface area contributed by atoms with Crippen LogP contribution in [0, 0.1) is 0 Å². The van der Waals surface area contributed by atoms with Gasteiger partial charge in [0.1, 0.15) is 0 Å². The standard InChI is InChI=1S/C11H18F2N2O3/c1-4-5-6-18-15-9(16)10(2)11(3,8(12)13)17-7-14-10/h7-8H,4-6H2,1-3H3,(H,15,16). The second-order valence-corrected chi connectivity index (χ2v) is 4.47. The van der Waals surface area contributed by atoms with Gasteiger partial charge in [-0.05, 0) is 20.3 Å². The van der Waals surface area contributed by atoms with E-state index in [2.05, 4.69) is 10.5 Å². The highest BCUT2D eigenvalue weighted by Gasteiger charge is 2.61. The van der Waals surface area contributed by atoms with Crippen LogP contribution in [0.1, 0.15) is 33.6 Å². The van der Waals surface area contributed by atoms with E-state index < -0.39 is 23.5 Å². The fraction of sp³-hybridized carbons (Fsp3) is 0.818. The third-order valence-electron chi connectivity index (χ3n) is 3.20. The highest BCUT2D eigenvalue weighted by molar-refractivity contribution is 5.89. The van der Waals surface area contributed by atoms with Crippen LogP contribution in [0.2, 0.25) is 0 Å². The van der Waals surface area contributed by atoms with Crippen molar-refractivity contribution in [2.75, 3.05) is 6.61 Å². The summed E-state index contributed by atoms with van der Waals surface area (Å²) in [5.74, 6) is -0.741. The Morgan fingerprint density at radius 3 is 2.78 bits per heavy atom. The number of hydrogen-bond donors (Lipinski definition) is 1. The molecule has 0 fully saturated rings. The molecule has 1 N–H and O–H groups in total. The quantitative estimate of drug-likeness (QED) is 0.586. The molecule has 0 saturated heterocycles. The van der Waals surface area contributed by atoms with Crippen molar-refractivity contribution >= 4 is 12.3 Å². The molecule has 0 radical (unpaired) electrons. The Morgan fingerprint density at radius 2 is 2.22 bits per heavy atom. The first-order valence-electron chi connectivity index (χ1n) is 5.80. The molecule has 104 valence electrons. The van der Waals surface area contributed by atoms with Gasteiger partial charge in [0.25, 0.3) is 12.3 Å². The minimum Gasteiger partial charge on any atom is -0.468 e. The molecule has 0 aliphatic carbocycles. The molecule has 1 aliphatic rings. The fourth-order valence-corrected chi connectivity index (χ4v) is 1.46. The molecular formula is C11H18F2N2O3. The van der Waals surface area contributed by atoms with Crippen LogP contribution in [0.15, 0.2) is 4.99 Å². The van der Waals surface area contributed by atoms with Gasteiger partial charge in [0.15, 0.2) is 11.9 Å². The van der Waals surface area contributed by atoms with Gasteiger partial charge in [0.05, 0.1) is 6.61 Å². The Kier molecular flexibility index (Phi) is 4.61. The van der Waals surface area contributed by atoms with E-state index in [1.165, 1.54) is 6.92 Å². The number of hydrogen-bond acceptors (Lipinski definition) is 4. The number of nitrogens with one attached hydrogen (secondary N) is 1. The zero-order valence-electron chi connectivity index (χ0n) is 10.7. The maximum Gasteiger partial charge on any atom is 0.280 e. The van der Waals surface area contributed by atoms with Crippen molar-refractivity contribution in [2.24, 2.45) is 4.99 Å². The number of aliphatic imine (C=N–C) groups is 1. The van der Waals surface area contributed by atoms with Crippen molar-refractivity contribution in [1.82, 2.24) is 5.48 Å². The Balaban J connectivity index is 2.67. The van der Waals surface area contributed by atoms with Gasteiger partial charge in [-0.3, -0.25) is 9.63 Å². The lowest BCUT2D eigenvalue weighted by molar-refractivity contribution is -0.155. The smallest absolute Gasteiger partial charge is 0.280 e. The first-order valence-corrected chi connectivity index (χ1v) is 5.80. The van der Waals surface area contributed by atoms with Gasteiger partial charge in [0, 0.05) is 0 Å². The van der Waals surface area contributed by atoms with Crippen LogP contribution in [0.3, 0.4) is 0 Å². The van der Waals surface area contributed by atoms with Gasteiger partial charge >= 0.3 is 0 Å². The fourth-order valence-electron chi connectivity index (χ4n) is 1.46. The summed E-state index contributed by atoms with van der Waals surface area (Å²) in [6.45, 7) is 4.74. The van der Waals surface area contributed by atoms with Crippen LogP contribution < -0.4 is 5.48 Å². The van der Waals surface area contributed by atoms with Crippen molar-refractivity contribution in [3.8, 4) is 0 Å². The summed E-state index contributed by atoms with van der Waals surface area (Å²) < 4.78 is 30.8. The number of unbranched alkanes of at least 4 members (excludes halogenated alkanes) is 1. The minimum atomic E-state index is -2.84. The van der Waals surface area contributed by atoms with Crippen LogP contribution in [0.4, 0.5) is 8.78 Å². The molecule has 1 heterocycles. The second-order valence-electron chi connectivity index (χ2n) is 4.47. The Hall–Kier alpha value is -1.24. The lowest BCUT2D eigenvalue weighted by Crippen LogP contribution is -2.60. The molecule has 1 rings (SSSR count). The van der Waals surface area contributed by atoms with Gasteiger partial charge in [-0.2, -0.15) is 0 Å². The number of carbonyl (C=O) groups excluding carboxylic acids is 1. The predicted octanol–water partition coefficient (Wildman–Crippen LogP) is 1.68. The third-order valence-corrected chi connectivity index (χ3v) is 3.20. The van der Waals surface area contributed by atoms with E-state index >= 15 is 0 Å². The molecule has 0 aromatic heterocycles. The Labute approximate surface area is 105 Å². The zero-order chi connectivity index (χ0) is 13.8. The van der Waals surface area contributed by atoms with Gasteiger partial charge in [-0.15, -0.1) is 0 Å². The van der Waals surface area contributed by atoms with E-state index in [-0.39, 0.29) is 0 Å². The number of halogens is 2. The Bertz CT molecular complexity index is 338. The lowest BCUT2D eigenvalue weighted by Gasteiger charge is -2.34. The van der Waals surface area contributed by atoms with Crippen molar-refractivity contribution in [1.29, 1.82) is 0 Å². The SMILES string of the molecule is CCCCONC(=O)C1(C)N=COC1(C)C(F)F. The Morgan fingerprint density at radius 1 is 1.56 bits per heavy atom. The summed E-state index contributed by atoms with van der Waals surface area (Å²) in [7, 11) is 0. The van der Waals surface area contributed by atoms with E-state index in [4.69, 9.17) is 9.57 Å². The molecule has 0 spiro atoms. The summed E-state index contributed by atoms with van der Waals surface area (Å²) in [5, 5.41) is 0. The number of rotatable bonds is 6. The molecule has 2 unspecified atom stereocenters. The zero-order valence-corrected chi connectivity index (χ0v) is 10.7. The number of alkyl halides is 2. The molecule has 0 aromatic rings. The number of amides is 1. The summed E-state index contributed by atoms with van der Waals surface area (Å²) >= 11 is 0. The molecule has 18 heavy (non-hydrogen) atoms. The van der Waals surface area contributed by atoms with E-state index in [9.17, 15) is 13.6 Å². The molecule has 5 nitrogen and oxygen atoms in total. The minimum absolute atomic E-state index is 0.328. The predicted molar refractivity (Wildman–Crippen MR) is 61.4 cm³/mol. The number of carbonyl (C=O) groups is 1. The maximum absolute atomic E-state index is 13.0. The van der Waals surface area contributed by atoms with E-state index in [1.54, 1.807) is 0 Å². The monoisotopic (exact) mass is 264 g/mol. The summed E-state index contributed by atoms with van der Waals surface area (Å²) in [6.07, 6.45) is -0.282. The van der Waals surface area contributed by atoms with E-state index in [1.807, 2.05) is 6.92 Å². The van der Waals surface area contributed by atoms with Gasteiger partial charge in [0.2, 0.25) is 5.60 Å². The molecule has 2 atom stereocenters. The van der Waals surface area contributed by atoms with E-state index in [0.29, 0.717) is 6.61 Å². The first-order chi connectivity index (χ1) is 8.38. The number of nitrogens with zero attached hydrogens (tertiary/aromatic N) is 1. The number of ether oxygens (including phenoxy) is 1. The molecule has 0 aromatic carbocycles. The largest absolute Gasteiger partial charge is 0.468 e. The van der Waals surface area contributed by atoms with Gasteiger partial charge in [-0.1, -0.05) is 13.3 Å². The normalized spacial score (nSPS) is 30.6. The van der Waals surface area contributed by atoms with Crippen molar-refractivity contribution < 1.29 is 23.1 Å². The van der Waals surface area contributed by atoms with Crippen LogP contribution in [0.25, 0.3) is 0 Å². The molecule has 1 aliphatic heterocycles. The average Bonchev–Trinajstić information content (AvgIpc) is 2.63. The molecule has 0 saturated carbocycles. The van der Waals surface area contributed by atoms with Crippen LogP contribution in [0.5, 0.6) is 0 Å². The lowest BCUT2D eigenvalue weighted by atomic mass is 9.83. The molecule has 7 heteroatoms. The van der Waals surface area contributed by atoms with Crippen molar-refractivity contribution in [3.63, 3.8) is 0 Å². The summed E-state index contributed by atoms with van der Waals surface area (Å²) in [4.78, 5) is 20.5. The average molecular weight is 264 g/mol. The second kappa shape index (κ2) is 5.60. The number of hydroxylamine groups is 1. The highest BCUT2D eigenvalue weighted by Crippen LogP contribution is 2.38. The topological polar surface area (TPSA) is 59.9 Å². The van der Waals surface area contributed by atoms with Crippen molar-refractivity contribution in [2.45, 2.75) is 51.2 Å². The summed E-state index contributed by atoms with van der Waals surface area (Å²) in [5.41, 5.74) is -1.54. The van der Waals surface area contributed by atoms with Crippen LogP contribution in [-0.2, 0) is 14.4 Å². The first kappa shape index (κ1) is 14.8. The molecule has 0 bridgehead atoms. The van der Waals surface area contributed by atoms with Crippen LogP contribution in [-0.4, -0.2) is 36.5 Å². The maximum atomic E-state index is 13.0. The van der Waals surface area contributed by atoms with Gasteiger partial charge < -0.3 is 4.74 Å². The van der Waals surface area contributed by atoms with Gasteiger partial charge in [-0.25, -0.2) is 19.3 Å². The van der Waals surface area contributed by atoms with Crippen molar-refractivity contribution in [3.05, 3.63) is 0 Å². The highest BCUT2D eigenvalue weighted by atomic mass is 19.3. The summed E-state index contributed by atoms with van der Waals surface area (Å²) in [6, 6.07) is 0. The molecule has 1 amide bonds.